The number of aromatic nitrogens is 2. The van der Waals surface area contributed by atoms with Gasteiger partial charge in [-0.2, -0.15) is 18.5 Å². The van der Waals surface area contributed by atoms with E-state index in [9.17, 15) is 4.79 Å². The predicted octanol–water partition coefficient (Wildman–Crippen LogP) is 5.60. The van der Waals surface area contributed by atoms with Crippen LogP contribution >= 0.6 is 24.8 Å². The summed E-state index contributed by atoms with van der Waals surface area (Å²) in [5, 5.41) is 8.01. The monoisotopic (exact) mass is 534 g/mol. The molecule has 0 spiro atoms. The van der Waals surface area contributed by atoms with Crippen LogP contribution in [-0.2, 0) is 4.79 Å². The molecule has 2 aromatic carbocycles. The zero-order valence-electron chi connectivity index (χ0n) is 20.8. The Morgan fingerprint density at radius 1 is 1.16 bits per heavy atom. The van der Waals surface area contributed by atoms with Crippen LogP contribution < -0.4 is 20.3 Å². The Labute approximate surface area is 227 Å². The summed E-state index contributed by atoms with van der Waals surface area (Å²) in [7, 11) is 4.28. The minimum Gasteiger partial charge on any atom is -0.437 e. The van der Waals surface area contributed by atoms with Crippen LogP contribution in [0.25, 0.3) is 10.2 Å². The molecule has 192 valence electrons. The number of anilines is 4. The van der Waals surface area contributed by atoms with E-state index in [1.165, 1.54) is 29.5 Å². The van der Waals surface area contributed by atoms with Crippen molar-refractivity contribution in [2.24, 2.45) is 0 Å². The average molecular weight is 535 g/mol. The molecule has 1 saturated heterocycles. The first-order chi connectivity index (χ1) is 17.5. The summed E-state index contributed by atoms with van der Waals surface area (Å²) < 4.78 is 6.98. The van der Waals surface area contributed by atoms with Crippen LogP contribution in [-0.4, -0.2) is 54.0 Å². The number of benzene rings is 2. The lowest BCUT2D eigenvalue weighted by molar-refractivity contribution is -0.111. The topological polar surface area (TPSA) is 82.6 Å². The minimum absolute atomic E-state index is 0. The second kappa shape index (κ2) is 11.6. The van der Waals surface area contributed by atoms with Crippen LogP contribution in [0.5, 0.6) is 11.6 Å². The summed E-state index contributed by atoms with van der Waals surface area (Å²) in [6.07, 6.45) is 2.40. The second-order valence-electron chi connectivity index (χ2n) is 8.83. The molecule has 8 nitrogen and oxygen atoms in total. The summed E-state index contributed by atoms with van der Waals surface area (Å²) in [6.45, 7) is 5.58. The van der Waals surface area contributed by atoms with Gasteiger partial charge >= 0.3 is 0 Å². The highest BCUT2D eigenvalue weighted by atomic mass is 32.1. The maximum absolute atomic E-state index is 11.6. The summed E-state index contributed by atoms with van der Waals surface area (Å²) >= 11 is 1.52. The summed E-state index contributed by atoms with van der Waals surface area (Å²) in [6, 6.07) is 18.0. The third-order valence-corrected chi connectivity index (χ3v) is 7.05. The van der Waals surface area contributed by atoms with Crippen LogP contribution in [0.4, 0.5) is 23.0 Å². The molecule has 0 saturated carbocycles. The van der Waals surface area contributed by atoms with Gasteiger partial charge in [-0.25, -0.2) is 4.98 Å². The Morgan fingerprint density at radius 2 is 1.97 bits per heavy atom. The fourth-order valence-corrected chi connectivity index (χ4v) is 4.94. The first kappa shape index (κ1) is 26.5. The maximum Gasteiger partial charge on any atom is 0.247 e. The van der Waals surface area contributed by atoms with Crippen molar-refractivity contribution in [3.63, 3.8) is 0 Å². The van der Waals surface area contributed by atoms with E-state index in [0.717, 1.165) is 29.0 Å². The van der Waals surface area contributed by atoms with E-state index >= 15 is 0 Å². The van der Waals surface area contributed by atoms with Gasteiger partial charge in [0, 0.05) is 42.3 Å². The second-order valence-corrected chi connectivity index (χ2v) is 9.75. The first-order valence-electron chi connectivity index (χ1n) is 11.7. The molecule has 37 heavy (non-hydrogen) atoms. The van der Waals surface area contributed by atoms with Crippen molar-refractivity contribution in [1.29, 1.82) is 0 Å². The smallest absolute Gasteiger partial charge is 0.247 e. The van der Waals surface area contributed by atoms with Crippen molar-refractivity contribution in [2.75, 3.05) is 42.7 Å². The number of carbonyl (C=O) groups is 1. The predicted molar refractivity (Wildman–Crippen MR) is 157 cm³/mol. The maximum atomic E-state index is 11.6. The van der Waals surface area contributed by atoms with Crippen molar-refractivity contribution in [1.82, 2.24) is 14.9 Å². The quantitative estimate of drug-likeness (QED) is 0.285. The number of thiophene rings is 1. The molecule has 0 aliphatic carbocycles. The molecule has 0 unspecified atom stereocenters. The molecular formula is C27H30N6O2S2. The van der Waals surface area contributed by atoms with E-state index in [1.54, 1.807) is 12.1 Å². The molecule has 0 bridgehead atoms. The largest absolute Gasteiger partial charge is 0.437 e. The van der Waals surface area contributed by atoms with Crippen LogP contribution in [0.15, 0.2) is 72.6 Å². The van der Waals surface area contributed by atoms with Gasteiger partial charge in [-0.1, -0.05) is 12.6 Å². The molecule has 4 aromatic rings. The average Bonchev–Trinajstić information content (AvgIpc) is 3.55. The molecule has 2 N–H and O–H groups in total. The number of fused-ring (bicyclic) bond motifs is 1. The van der Waals surface area contributed by atoms with Crippen molar-refractivity contribution < 1.29 is 9.53 Å². The Kier molecular flexibility index (Phi) is 8.32. The zero-order valence-corrected chi connectivity index (χ0v) is 22.6. The number of nitrogens with one attached hydrogen (secondary N) is 2. The van der Waals surface area contributed by atoms with Crippen molar-refractivity contribution in [3.8, 4) is 11.6 Å². The Hall–Kier alpha value is -3.60. The lowest BCUT2D eigenvalue weighted by atomic mass is 10.2. The van der Waals surface area contributed by atoms with E-state index in [2.05, 4.69) is 63.2 Å². The standard InChI is InChI=1S/C27H28N6O2S.H2S/c1-4-24(34)28-19-6-5-7-22(16-19)35-26-25-23(13-15-36-25)30-27(31-26)29-18-8-10-20(11-9-18)33-14-12-21(17-33)32(2)3;/h4-11,13,15-16,21H,1,12,14,17H2,2-3H3,(H,28,34)(H,29,30,31);1H2/t21-;/m0./s1. The molecule has 3 heterocycles. The number of hydrogen-bond acceptors (Lipinski definition) is 8. The lowest BCUT2D eigenvalue weighted by Crippen LogP contribution is -2.31. The number of likely N-dealkylation sites (N-methyl/N-ethyl adjacent to an activating group) is 1. The van der Waals surface area contributed by atoms with Gasteiger partial charge in [0.25, 0.3) is 0 Å². The number of ether oxygens (including phenoxy) is 1. The van der Waals surface area contributed by atoms with Gasteiger partial charge in [0.05, 0.1) is 5.52 Å². The van der Waals surface area contributed by atoms with Crippen LogP contribution in [0.2, 0.25) is 0 Å². The number of carbonyl (C=O) groups excluding carboxylic acids is 1. The highest BCUT2D eigenvalue weighted by molar-refractivity contribution is 7.59. The number of rotatable bonds is 8. The molecular weight excluding hydrogens is 504 g/mol. The van der Waals surface area contributed by atoms with Crippen LogP contribution in [0.1, 0.15) is 6.42 Å². The van der Waals surface area contributed by atoms with Crippen molar-refractivity contribution in [3.05, 3.63) is 72.6 Å². The molecule has 1 fully saturated rings. The highest BCUT2D eigenvalue weighted by Crippen LogP contribution is 2.34. The molecule has 2 aromatic heterocycles. The van der Waals surface area contributed by atoms with Crippen molar-refractivity contribution in [2.45, 2.75) is 12.5 Å². The minimum atomic E-state index is -0.283. The summed E-state index contributed by atoms with van der Waals surface area (Å²) in [5.41, 5.74) is 3.53. The SMILES string of the molecule is C=CC(=O)Nc1cccc(Oc2nc(Nc3ccc(N4CC[C@H](N(C)C)C4)cc3)nc3ccsc23)c1.S. The number of hydrogen-bond donors (Lipinski definition) is 2. The molecule has 5 rings (SSSR count). The van der Waals surface area contributed by atoms with Gasteiger partial charge in [-0.15, -0.1) is 11.3 Å². The Bertz CT molecular complexity index is 1390. The molecule has 1 aliphatic rings. The van der Waals surface area contributed by atoms with Gasteiger partial charge in [-0.3, -0.25) is 4.79 Å². The molecule has 0 radical (unpaired) electrons. The van der Waals surface area contributed by atoms with Gasteiger partial charge in [0.1, 0.15) is 10.4 Å². The fraction of sp³-hybridized carbons (Fsp3) is 0.222. The third kappa shape index (κ3) is 6.22. The van der Waals surface area contributed by atoms with Crippen LogP contribution in [0, 0.1) is 0 Å². The fourth-order valence-electron chi connectivity index (χ4n) is 4.19. The van der Waals surface area contributed by atoms with E-state index in [-0.39, 0.29) is 19.4 Å². The Balaban J connectivity index is 0.00000320. The summed E-state index contributed by atoms with van der Waals surface area (Å²) in [5.74, 6) is 1.18. The Morgan fingerprint density at radius 3 is 2.70 bits per heavy atom. The van der Waals surface area contributed by atoms with Gasteiger partial charge < -0.3 is 25.2 Å². The van der Waals surface area contributed by atoms with Gasteiger partial charge in [0.15, 0.2) is 0 Å². The van der Waals surface area contributed by atoms with Crippen LogP contribution in [0.3, 0.4) is 0 Å². The van der Waals surface area contributed by atoms with Crippen molar-refractivity contribution >= 4 is 64.0 Å². The van der Waals surface area contributed by atoms with Gasteiger partial charge in [0.2, 0.25) is 17.7 Å². The number of nitrogens with zero attached hydrogens (tertiary/aromatic N) is 4. The zero-order chi connectivity index (χ0) is 25.1. The van der Waals surface area contributed by atoms with Gasteiger partial charge in [-0.05, 0) is 74.4 Å². The molecule has 1 atom stereocenters. The summed E-state index contributed by atoms with van der Waals surface area (Å²) in [4.78, 5) is 25.7. The molecule has 1 amide bonds. The van der Waals surface area contributed by atoms with E-state index in [0.29, 0.717) is 29.3 Å². The number of amides is 1. The van der Waals surface area contributed by atoms with E-state index in [4.69, 9.17) is 4.74 Å². The first-order valence-corrected chi connectivity index (χ1v) is 12.6. The van der Waals surface area contributed by atoms with E-state index in [1.807, 2.05) is 35.7 Å². The van der Waals surface area contributed by atoms with E-state index < -0.39 is 0 Å². The molecule has 1 aliphatic heterocycles. The lowest BCUT2D eigenvalue weighted by Gasteiger charge is -2.22. The molecule has 10 heteroatoms. The third-order valence-electron chi connectivity index (χ3n) is 6.16. The highest BCUT2D eigenvalue weighted by Gasteiger charge is 2.24. The normalized spacial score (nSPS) is 14.9.